The Kier molecular flexibility index (Phi) is 7.22. The molecule has 0 heterocycles. The van der Waals surface area contributed by atoms with Crippen LogP contribution < -0.4 is 14.8 Å². The van der Waals surface area contributed by atoms with Gasteiger partial charge in [0.15, 0.2) is 11.5 Å². The third-order valence-corrected chi connectivity index (χ3v) is 8.15. The molecule has 0 unspecified atom stereocenters. The number of benzene rings is 3. The first-order valence-electron chi connectivity index (χ1n) is 11.4. The number of rotatable bonds is 7. The highest BCUT2D eigenvalue weighted by Gasteiger charge is 2.29. The lowest BCUT2D eigenvalue weighted by molar-refractivity contribution is 0.0920. The Labute approximate surface area is 200 Å². The lowest BCUT2D eigenvalue weighted by Crippen LogP contribution is -2.41. The summed E-state index contributed by atoms with van der Waals surface area (Å²) >= 11 is 0. The van der Waals surface area contributed by atoms with Gasteiger partial charge in [0.1, 0.15) is 0 Å². The fraction of sp³-hybridized carbons (Fsp3) is 0.296. The molecule has 0 aliphatic heterocycles. The zero-order valence-corrected chi connectivity index (χ0v) is 20.2. The molecule has 1 aliphatic rings. The van der Waals surface area contributed by atoms with E-state index in [1.54, 1.807) is 56.7 Å². The van der Waals surface area contributed by atoms with Crippen molar-refractivity contribution in [1.29, 1.82) is 0 Å². The van der Waals surface area contributed by atoms with Crippen LogP contribution in [0.3, 0.4) is 0 Å². The van der Waals surface area contributed by atoms with Gasteiger partial charge in [-0.25, -0.2) is 8.42 Å². The summed E-state index contributed by atoms with van der Waals surface area (Å²) in [6, 6.07) is 20.3. The largest absolute Gasteiger partial charge is 0.493 e. The maximum atomic E-state index is 13.2. The summed E-state index contributed by atoms with van der Waals surface area (Å²) in [5.41, 5.74) is 1.41. The van der Waals surface area contributed by atoms with Crippen LogP contribution in [0.4, 0.5) is 0 Å². The molecule has 1 N–H and O–H groups in total. The molecule has 3 aromatic rings. The third-order valence-electron chi connectivity index (χ3n) is 6.38. The Morgan fingerprint density at radius 2 is 1.53 bits per heavy atom. The van der Waals surface area contributed by atoms with E-state index < -0.39 is 9.84 Å². The first-order chi connectivity index (χ1) is 16.4. The molecule has 4 rings (SSSR count). The molecule has 0 bridgehead atoms. The maximum Gasteiger partial charge on any atom is 0.251 e. The molecule has 0 aromatic heterocycles. The normalized spacial score (nSPS) is 18.2. The first kappa shape index (κ1) is 23.8. The second-order valence-electron chi connectivity index (χ2n) is 8.43. The van der Waals surface area contributed by atoms with Gasteiger partial charge >= 0.3 is 0 Å². The van der Waals surface area contributed by atoms with Crippen LogP contribution in [0.15, 0.2) is 82.6 Å². The smallest absolute Gasteiger partial charge is 0.251 e. The van der Waals surface area contributed by atoms with E-state index in [0.29, 0.717) is 17.1 Å². The number of ether oxygens (including phenoxy) is 2. The Balaban J connectivity index is 1.56. The average Bonchev–Trinajstić information content (AvgIpc) is 2.89. The van der Waals surface area contributed by atoms with Crippen LogP contribution in [-0.4, -0.2) is 34.6 Å². The maximum absolute atomic E-state index is 13.2. The first-order valence-corrected chi connectivity index (χ1v) is 12.9. The van der Waals surface area contributed by atoms with Crippen LogP contribution in [0.25, 0.3) is 0 Å². The van der Waals surface area contributed by atoms with Gasteiger partial charge in [-0.15, -0.1) is 0 Å². The zero-order valence-electron chi connectivity index (χ0n) is 19.4. The lowest BCUT2D eigenvalue weighted by Gasteiger charge is -2.33. The second-order valence-corrected chi connectivity index (χ2v) is 10.4. The topological polar surface area (TPSA) is 81.7 Å². The minimum atomic E-state index is -3.70. The average molecular weight is 480 g/mol. The van der Waals surface area contributed by atoms with Crippen molar-refractivity contribution in [3.63, 3.8) is 0 Å². The Hall–Kier alpha value is -3.32. The van der Waals surface area contributed by atoms with Gasteiger partial charge in [-0.05, 0) is 60.9 Å². The standard InChI is InChI=1S/C27H29NO5S/c1-32-25-16-15-19(18-26(25)33-2)23-13-6-7-14-24(23)28-27(29)20-9-8-12-22(17-20)34(30,31)21-10-4-3-5-11-21/h3-5,8-12,15-18,23-24H,6-7,13-14H2,1-2H3,(H,28,29)/t23-,24-/m1/s1. The number of hydrogen-bond acceptors (Lipinski definition) is 5. The molecule has 6 nitrogen and oxygen atoms in total. The van der Waals surface area contributed by atoms with Crippen molar-refractivity contribution in [3.05, 3.63) is 83.9 Å². The summed E-state index contributed by atoms with van der Waals surface area (Å²) in [6.07, 6.45) is 3.91. The summed E-state index contributed by atoms with van der Waals surface area (Å²) in [5, 5.41) is 3.16. The molecule has 2 atom stereocenters. The highest BCUT2D eigenvalue weighted by atomic mass is 32.2. The molecule has 1 fully saturated rings. The molecular weight excluding hydrogens is 450 g/mol. The predicted molar refractivity (Wildman–Crippen MR) is 130 cm³/mol. The minimum Gasteiger partial charge on any atom is -0.493 e. The zero-order chi connectivity index (χ0) is 24.1. The van der Waals surface area contributed by atoms with Crippen molar-refractivity contribution in [1.82, 2.24) is 5.32 Å². The van der Waals surface area contributed by atoms with Crippen molar-refractivity contribution in [2.45, 2.75) is 47.4 Å². The quantitative estimate of drug-likeness (QED) is 0.516. The van der Waals surface area contributed by atoms with Crippen molar-refractivity contribution < 1.29 is 22.7 Å². The van der Waals surface area contributed by atoms with Crippen molar-refractivity contribution in [2.24, 2.45) is 0 Å². The van der Waals surface area contributed by atoms with E-state index in [2.05, 4.69) is 5.32 Å². The number of methoxy groups -OCH3 is 2. The molecule has 0 radical (unpaired) electrons. The summed E-state index contributed by atoms with van der Waals surface area (Å²) in [7, 11) is -0.488. The molecule has 1 aliphatic carbocycles. The van der Waals surface area contributed by atoms with E-state index in [0.717, 1.165) is 31.2 Å². The highest BCUT2D eigenvalue weighted by molar-refractivity contribution is 7.91. The molecule has 0 spiro atoms. The summed E-state index contributed by atoms with van der Waals surface area (Å²) in [4.78, 5) is 13.5. The van der Waals surface area contributed by atoms with E-state index in [9.17, 15) is 13.2 Å². The fourth-order valence-corrected chi connectivity index (χ4v) is 5.91. The number of hydrogen-bond donors (Lipinski definition) is 1. The van der Waals surface area contributed by atoms with E-state index in [1.807, 2.05) is 18.2 Å². The van der Waals surface area contributed by atoms with Gasteiger partial charge in [-0.3, -0.25) is 4.79 Å². The van der Waals surface area contributed by atoms with Crippen molar-refractivity contribution in [2.75, 3.05) is 14.2 Å². The summed E-state index contributed by atoms with van der Waals surface area (Å²) in [5.74, 6) is 1.18. The van der Waals surface area contributed by atoms with Crippen LogP contribution in [0.1, 0.15) is 47.5 Å². The van der Waals surface area contributed by atoms with Crippen molar-refractivity contribution >= 4 is 15.7 Å². The van der Waals surface area contributed by atoms with Gasteiger partial charge in [0.25, 0.3) is 5.91 Å². The fourth-order valence-electron chi connectivity index (χ4n) is 4.58. The number of sulfone groups is 1. The monoisotopic (exact) mass is 479 g/mol. The van der Waals surface area contributed by atoms with Crippen LogP contribution in [-0.2, 0) is 9.84 Å². The van der Waals surface area contributed by atoms with E-state index >= 15 is 0 Å². The van der Waals surface area contributed by atoms with Gasteiger partial charge in [-0.1, -0.05) is 43.2 Å². The van der Waals surface area contributed by atoms with E-state index in [4.69, 9.17) is 9.47 Å². The van der Waals surface area contributed by atoms with Gasteiger partial charge in [0.05, 0.1) is 24.0 Å². The summed E-state index contributed by atoms with van der Waals surface area (Å²) in [6.45, 7) is 0. The SMILES string of the molecule is COc1ccc([C@H]2CCCC[C@H]2NC(=O)c2cccc(S(=O)(=O)c3ccccc3)c2)cc1OC. The highest BCUT2D eigenvalue weighted by Crippen LogP contribution is 2.37. The Bertz CT molecular complexity index is 1260. The van der Waals surface area contributed by atoms with Gasteiger partial charge in [0, 0.05) is 17.5 Å². The molecular formula is C27H29NO5S. The predicted octanol–water partition coefficient (Wildman–Crippen LogP) is 4.99. The molecule has 1 amide bonds. The van der Waals surface area contributed by atoms with Crippen LogP contribution in [0.2, 0.25) is 0 Å². The number of carbonyl (C=O) groups excluding carboxylic acids is 1. The number of carbonyl (C=O) groups is 1. The van der Waals surface area contributed by atoms with Gasteiger partial charge in [-0.2, -0.15) is 0 Å². The van der Waals surface area contributed by atoms with Crippen LogP contribution >= 0.6 is 0 Å². The molecule has 0 saturated heterocycles. The van der Waals surface area contributed by atoms with Crippen LogP contribution in [0, 0.1) is 0 Å². The van der Waals surface area contributed by atoms with E-state index in [1.165, 1.54) is 12.1 Å². The Morgan fingerprint density at radius 3 is 2.26 bits per heavy atom. The lowest BCUT2D eigenvalue weighted by atomic mass is 9.79. The van der Waals surface area contributed by atoms with Gasteiger partial charge in [0.2, 0.25) is 9.84 Å². The molecule has 178 valence electrons. The minimum absolute atomic E-state index is 0.0614. The summed E-state index contributed by atoms with van der Waals surface area (Å²) < 4.78 is 36.8. The van der Waals surface area contributed by atoms with Gasteiger partial charge < -0.3 is 14.8 Å². The molecule has 34 heavy (non-hydrogen) atoms. The molecule has 1 saturated carbocycles. The molecule has 3 aromatic carbocycles. The Morgan fingerprint density at radius 1 is 0.824 bits per heavy atom. The van der Waals surface area contributed by atoms with E-state index in [-0.39, 0.29) is 27.7 Å². The number of amides is 1. The van der Waals surface area contributed by atoms with Crippen LogP contribution in [0.5, 0.6) is 11.5 Å². The van der Waals surface area contributed by atoms with Crippen molar-refractivity contribution in [3.8, 4) is 11.5 Å². The second kappa shape index (κ2) is 10.3. The molecule has 7 heteroatoms. The third kappa shape index (κ3) is 4.94. The number of nitrogens with one attached hydrogen (secondary N) is 1.